The largest absolute Gasteiger partial charge is 1.00 e. The van der Waals surface area contributed by atoms with Gasteiger partial charge in [-0.3, -0.25) is 0 Å². The summed E-state index contributed by atoms with van der Waals surface area (Å²) in [5, 5.41) is -4.17. The molecule has 3 nitrogen and oxygen atoms in total. The normalized spacial score (nSPS) is 8.43. The van der Waals surface area contributed by atoms with E-state index in [0.29, 0.717) is 0 Å². The van der Waals surface area contributed by atoms with E-state index in [1.807, 2.05) is 0 Å². The summed E-state index contributed by atoms with van der Waals surface area (Å²) in [4.78, 5) is 18.2. The van der Waals surface area contributed by atoms with Crippen LogP contribution in [0.1, 0.15) is 0 Å². The standard InChI is InChI=1S/H2IO3P.2Na/c1-5(2,3)4;;/h(H2,2,3,4);;/q;2*+1/p-2. The van der Waals surface area contributed by atoms with E-state index in [9.17, 15) is 0 Å². The summed E-state index contributed by atoms with van der Waals surface area (Å²) in [5.74, 6) is 0. The molecule has 0 rings (SSSR count). The topological polar surface area (TPSA) is 63.2 Å². The third-order valence-electron chi connectivity index (χ3n) is 0. The molecule has 0 atom stereocenters. The second kappa shape index (κ2) is 6.99. The molecule has 0 unspecified atom stereocenters. The molecule has 0 amide bonds. The van der Waals surface area contributed by atoms with Crippen molar-refractivity contribution in [1.29, 1.82) is 0 Å². The van der Waals surface area contributed by atoms with E-state index >= 15 is 0 Å². The first-order valence-corrected chi connectivity index (χ1v) is 5.04. The Morgan fingerprint density at radius 1 is 1.29 bits per heavy atom. The summed E-state index contributed by atoms with van der Waals surface area (Å²) >= 11 is 0.822. The summed E-state index contributed by atoms with van der Waals surface area (Å²) < 4.78 is 9.09. The molecule has 0 fully saturated rings. The fraction of sp³-hybridized carbons (Fsp3) is 0. The predicted octanol–water partition coefficient (Wildman–Crippen LogP) is -6.74. The molecule has 0 aromatic carbocycles. The maximum absolute atomic E-state index is 9.09. The van der Waals surface area contributed by atoms with Crippen molar-refractivity contribution in [2.75, 3.05) is 0 Å². The molecular weight excluding hydrogens is 252 g/mol. The van der Waals surface area contributed by atoms with Crippen LogP contribution < -0.4 is 68.9 Å². The molecule has 0 aromatic rings. The summed E-state index contributed by atoms with van der Waals surface area (Å²) in [7, 11) is 0. The van der Waals surface area contributed by atoms with Gasteiger partial charge in [-0.05, 0) is 27.3 Å². The van der Waals surface area contributed by atoms with Gasteiger partial charge in [0.05, 0.1) is 0 Å². The first-order chi connectivity index (χ1) is 2.00. The molecule has 0 aliphatic carbocycles. The maximum Gasteiger partial charge on any atom is 1.00 e. The Morgan fingerprint density at radius 3 is 1.29 bits per heavy atom. The molecule has 0 saturated heterocycles. The fourth-order valence-corrected chi connectivity index (χ4v) is 0. The number of halogens is 1. The molecule has 0 aromatic heterocycles. The minimum atomic E-state index is -4.17. The average Bonchev–Trinajstić information content (AvgIpc) is 0.722. The SMILES string of the molecule is O=P([O-])([O-])I.[Na+].[Na+]. The number of hydrogen-bond acceptors (Lipinski definition) is 3. The van der Waals surface area contributed by atoms with Crippen LogP contribution in [0, 0.1) is 0 Å². The molecule has 0 heterocycles. The van der Waals surface area contributed by atoms with Gasteiger partial charge in [0.2, 0.25) is 0 Å². The zero-order valence-electron chi connectivity index (χ0n) is 4.05. The summed E-state index contributed by atoms with van der Waals surface area (Å²) in [6, 6.07) is 0. The summed E-state index contributed by atoms with van der Waals surface area (Å²) in [6.07, 6.45) is 0. The van der Waals surface area contributed by atoms with Gasteiger partial charge < -0.3 is 14.4 Å². The number of hydrogen-bond donors (Lipinski definition) is 0. The van der Waals surface area contributed by atoms with Crippen molar-refractivity contribution in [1.82, 2.24) is 0 Å². The van der Waals surface area contributed by atoms with E-state index in [2.05, 4.69) is 0 Å². The van der Waals surface area contributed by atoms with Crippen LogP contribution in [0.15, 0.2) is 0 Å². The molecule has 0 radical (unpaired) electrons. The van der Waals surface area contributed by atoms with Crippen LogP contribution in [0.4, 0.5) is 0 Å². The van der Waals surface area contributed by atoms with E-state index in [-0.39, 0.29) is 59.1 Å². The van der Waals surface area contributed by atoms with Crippen molar-refractivity contribution in [3.05, 3.63) is 0 Å². The molecule has 0 bridgehead atoms. The minimum Gasteiger partial charge on any atom is -0.803 e. The zero-order valence-corrected chi connectivity index (χ0v) is 11.1. The first-order valence-electron chi connectivity index (χ1n) is 0.717. The van der Waals surface area contributed by atoms with Crippen molar-refractivity contribution in [2.45, 2.75) is 0 Å². The van der Waals surface area contributed by atoms with Crippen LogP contribution in [0.5, 0.6) is 0 Å². The van der Waals surface area contributed by atoms with Gasteiger partial charge in [0.1, 0.15) is 0 Å². The summed E-state index contributed by atoms with van der Waals surface area (Å²) in [5.41, 5.74) is 0. The maximum atomic E-state index is 9.09. The Labute approximate surface area is 98.9 Å². The molecule has 0 N–H and O–H groups in total. The van der Waals surface area contributed by atoms with E-state index in [4.69, 9.17) is 14.4 Å². The van der Waals surface area contributed by atoms with E-state index in [0.717, 1.165) is 22.0 Å². The van der Waals surface area contributed by atoms with Gasteiger partial charge >= 0.3 is 59.1 Å². The average molecular weight is 252 g/mol. The molecule has 0 spiro atoms. The third kappa shape index (κ3) is 50.7. The third-order valence-corrected chi connectivity index (χ3v) is 0. The van der Waals surface area contributed by atoms with Crippen molar-refractivity contribution in [3.8, 4) is 0 Å². The van der Waals surface area contributed by atoms with E-state index in [1.54, 1.807) is 0 Å². The molecule has 0 saturated carbocycles. The van der Waals surface area contributed by atoms with Crippen molar-refractivity contribution < 1.29 is 73.5 Å². The number of rotatable bonds is 0. The van der Waals surface area contributed by atoms with Gasteiger partial charge in [0, 0.05) is 0 Å². The molecular formula is INa2O3P. The second-order valence-electron chi connectivity index (χ2n) is 0.431. The van der Waals surface area contributed by atoms with Crippen LogP contribution in [-0.4, -0.2) is 0 Å². The Morgan fingerprint density at radius 2 is 1.29 bits per heavy atom. The van der Waals surface area contributed by atoms with Gasteiger partial charge in [-0.2, -0.15) is 0 Å². The second-order valence-corrected chi connectivity index (χ2v) is 4.84. The predicted molar refractivity (Wildman–Crippen MR) is 21.6 cm³/mol. The van der Waals surface area contributed by atoms with E-state index in [1.165, 1.54) is 0 Å². The summed E-state index contributed by atoms with van der Waals surface area (Å²) in [6.45, 7) is 0. The zero-order chi connectivity index (χ0) is 4.50. The van der Waals surface area contributed by atoms with Gasteiger partial charge in [0.25, 0.3) is 0 Å². The van der Waals surface area contributed by atoms with Crippen molar-refractivity contribution >= 4 is 27.3 Å². The molecule has 0 aliphatic rings. The quantitative estimate of drug-likeness (QED) is 0.244. The Balaban J connectivity index is -0.0000000800. The molecule has 32 valence electrons. The van der Waals surface area contributed by atoms with Gasteiger partial charge in [-0.15, -0.1) is 0 Å². The fourth-order valence-electron chi connectivity index (χ4n) is 0. The van der Waals surface area contributed by atoms with Gasteiger partial charge in [-0.25, -0.2) is 0 Å². The van der Waals surface area contributed by atoms with Crippen molar-refractivity contribution in [2.24, 2.45) is 0 Å². The molecule has 7 heavy (non-hydrogen) atoms. The molecule has 0 aliphatic heterocycles. The molecule has 7 heteroatoms. The smallest absolute Gasteiger partial charge is 0.803 e. The van der Waals surface area contributed by atoms with Crippen LogP contribution in [0.25, 0.3) is 0 Å². The Bertz CT molecular complexity index is 59.1. The van der Waals surface area contributed by atoms with Gasteiger partial charge in [0.15, 0.2) is 0 Å². The Hall–Kier alpha value is 2.88. The van der Waals surface area contributed by atoms with Crippen molar-refractivity contribution in [3.63, 3.8) is 0 Å². The minimum absolute atomic E-state index is 0. The van der Waals surface area contributed by atoms with Crippen LogP contribution in [0.2, 0.25) is 0 Å². The van der Waals surface area contributed by atoms with Crippen LogP contribution >= 0.6 is 27.3 Å². The Kier molecular flexibility index (Phi) is 16.4. The van der Waals surface area contributed by atoms with Crippen LogP contribution in [-0.2, 0) is 4.57 Å². The first kappa shape index (κ1) is 16.5. The monoisotopic (exact) mass is 252 g/mol. The van der Waals surface area contributed by atoms with Gasteiger partial charge in [-0.1, -0.05) is 0 Å². The van der Waals surface area contributed by atoms with E-state index < -0.39 is 5.24 Å². The van der Waals surface area contributed by atoms with Crippen LogP contribution in [0.3, 0.4) is 0 Å².